The molecule has 0 fully saturated rings. The molecule has 46 heavy (non-hydrogen) atoms. The second kappa shape index (κ2) is 43.2. The molecule has 0 aromatic heterocycles. The first-order valence-corrected chi connectivity index (χ1v) is 20.7. The zero-order valence-electron chi connectivity index (χ0n) is 32.0. The van der Waals surface area contributed by atoms with Crippen LogP contribution in [0.4, 0.5) is 0 Å². The fourth-order valence-electron chi connectivity index (χ4n) is 6.08. The Morgan fingerprint density at radius 1 is 0.391 bits per heavy atom. The number of hydrogen-bond acceptors (Lipinski definition) is 4. The molecule has 0 spiro atoms. The highest BCUT2D eigenvalue weighted by Crippen LogP contribution is 2.14. The predicted octanol–water partition coefficient (Wildman–Crippen LogP) is 13.2. The molecule has 5 heteroatoms. The summed E-state index contributed by atoms with van der Waals surface area (Å²) in [5.74, 6) is 0. The van der Waals surface area contributed by atoms with Gasteiger partial charge in [-0.15, -0.1) is 12.4 Å². The molecule has 1 N–H and O–H groups in total. The van der Waals surface area contributed by atoms with E-state index in [1.807, 2.05) is 0 Å². The molecule has 0 heterocycles. The monoisotopic (exact) mass is 676 g/mol. The lowest BCUT2D eigenvalue weighted by molar-refractivity contribution is -0.0612. The number of halogens is 1. The summed E-state index contributed by atoms with van der Waals surface area (Å²) in [6, 6.07) is 0.530. The molecular weight excluding hydrogens is 590 g/mol. The Hall–Kier alpha value is 0.130. The van der Waals surface area contributed by atoms with E-state index in [2.05, 4.69) is 33.0 Å². The van der Waals surface area contributed by atoms with E-state index in [1.54, 1.807) is 0 Å². The summed E-state index contributed by atoms with van der Waals surface area (Å²) in [7, 11) is 0. The minimum atomic E-state index is 0. The predicted molar refractivity (Wildman–Crippen MR) is 207 cm³/mol. The quantitative estimate of drug-likeness (QED) is 0.0656. The smallest absolute Gasteiger partial charge is 0.104 e. The molecule has 4 nitrogen and oxygen atoms in total. The first-order chi connectivity index (χ1) is 22.2. The van der Waals surface area contributed by atoms with Crippen LogP contribution in [0.2, 0.25) is 0 Å². The number of rotatable bonds is 40. The van der Waals surface area contributed by atoms with Crippen molar-refractivity contribution in [2.45, 2.75) is 226 Å². The second-order valence-corrected chi connectivity index (χ2v) is 14.3. The molecule has 0 unspecified atom stereocenters. The summed E-state index contributed by atoms with van der Waals surface area (Å²) < 4.78 is 18.3. The van der Waals surface area contributed by atoms with Gasteiger partial charge < -0.3 is 19.5 Å². The third-order valence-electron chi connectivity index (χ3n) is 9.12. The number of ether oxygens (including phenoxy) is 3. The van der Waals surface area contributed by atoms with Gasteiger partial charge in [0.15, 0.2) is 0 Å². The molecule has 280 valence electrons. The molecule has 0 aromatic carbocycles. The third kappa shape index (κ3) is 42.2. The van der Waals surface area contributed by atoms with Crippen LogP contribution >= 0.6 is 12.4 Å². The molecule has 0 atom stereocenters. The van der Waals surface area contributed by atoms with Crippen LogP contribution in [0.3, 0.4) is 0 Å². The van der Waals surface area contributed by atoms with Crippen molar-refractivity contribution in [2.24, 2.45) is 0 Å². The lowest BCUT2D eigenvalue weighted by Gasteiger charge is -2.19. The number of hydrogen-bond donors (Lipinski definition) is 1. The van der Waals surface area contributed by atoms with Crippen LogP contribution in [0.15, 0.2) is 0 Å². The number of unbranched alkanes of at least 4 members (excludes halogenated alkanes) is 26. The first kappa shape index (κ1) is 48.2. The summed E-state index contributed by atoms with van der Waals surface area (Å²) in [5, 5.41) is 3.48. The van der Waals surface area contributed by atoms with Crippen molar-refractivity contribution in [3.05, 3.63) is 0 Å². The van der Waals surface area contributed by atoms with Crippen molar-refractivity contribution in [3.8, 4) is 0 Å². The Bertz CT molecular complexity index is 486. The van der Waals surface area contributed by atoms with Gasteiger partial charge >= 0.3 is 0 Å². The summed E-state index contributed by atoms with van der Waals surface area (Å²) >= 11 is 0. The molecule has 0 radical (unpaired) electrons. The van der Waals surface area contributed by atoms with E-state index in [0.29, 0.717) is 19.3 Å². The van der Waals surface area contributed by atoms with E-state index in [0.717, 1.165) is 32.8 Å². The van der Waals surface area contributed by atoms with Gasteiger partial charge in [0, 0.05) is 25.9 Å². The topological polar surface area (TPSA) is 39.7 Å². The van der Waals surface area contributed by atoms with Crippen LogP contribution in [0.1, 0.15) is 214 Å². The Labute approximate surface area is 296 Å². The van der Waals surface area contributed by atoms with E-state index >= 15 is 0 Å². The Morgan fingerprint density at radius 3 is 1.00 bits per heavy atom. The maximum atomic E-state index is 6.18. The van der Waals surface area contributed by atoms with Gasteiger partial charge in [0.05, 0.1) is 13.2 Å². The molecule has 0 saturated carbocycles. The highest BCUT2D eigenvalue weighted by molar-refractivity contribution is 5.85. The molecule has 0 aliphatic rings. The lowest BCUT2D eigenvalue weighted by atomic mass is 10.0. The highest BCUT2D eigenvalue weighted by atomic mass is 35.5. The van der Waals surface area contributed by atoms with Crippen molar-refractivity contribution in [3.63, 3.8) is 0 Å². The maximum absolute atomic E-state index is 6.18. The van der Waals surface area contributed by atoms with Crippen LogP contribution in [-0.2, 0) is 14.2 Å². The highest BCUT2D eigenvalue weighted by Gasteiger charge is 2.10. The fraction of sp³-hybridized carbons (Fsp3) is 1.00. The maximum Gasteiger partial charge on any atom is 0.104 e. The van der Waals surface area contributed by atoms with E-state index in [9.17, 15) is 0 Å². The largest absolute Gasteiger partial charge is 0.379 e. The molecule has 0 bridgehead atoms. The standard InChI is InChI=1S/C41H85NO3.ClH/c1-5-7-9-11-13-15-17-19-21-23-25-27-29-31-35-43-38-41(45-37-33-34-42-40(3)4)39-44-36-32-30-28-26-24-22-20-18-16-14-12-10-8-6-2;/h40-42H,5-39H2,1-4H3;1H. The van der Waals surface area contributed by atoms with Gasteiger partial charge in [0.1, 0.15) is 6.10 Å². The van der Waals surface area contributed by atoms with Gasteiger partial charge in [-0.1, -0.05) is 195 Å². The molecule has 0 aliphatic heterocycles. The van der Waals surface area contributed by atoms with Gasteiger partial charge in [-0.2, -0.15) is 0 Å². The SMILES string of the molecule is CCCCCCCCCCCCCCCCOCC(COCCCCCCCCCCCCCCCC)OCCCNC(C)C.Cl. The zero-order chi connectivity index (χ0) is 32.7. The lowest BCUT2D eigenvalue weighted by Crippen LogP contribution is -2.29. The van der Waals surface area contributed by atoms with E-state index < -0.39 is 0 Å². The van der Waals surface area contributed by atoms with Crippen LogP contribution in [0, 0.1) is 0 Å². The average molecular weight is 677 g/mol. The average Bonchev–Trinajstić information content (AvgIpc) is 3.03. The Kier molecular flexibility index (Phi) is 45.3. The number of nitrogens with one attached hydrogen (secondary N) is 1. The summed E-state index contributed by atoms with van der Waals surface area (Å²) in [4.78, 5) is 0. The van der Waals surface area contributed by atoms with Crippen LogP contribution in [0.5, 0.6) is 0 Å². The molecule has 0 rings (SSSR count). The minimum absolute atomic E-state index is 0. The van der Waals surface area contributed by atoms with E-state index in [-0.39, 0.29) is 18.5 Å². The van der Waals surface area contributed by atoms with Crippen molar-refractivity contribution in [1.82, 2.24) is 5.32 Å². The van der Waals surface area contributed by atoms with Crippen molar-refractivity contribution in [2.75, 3.05) is 39.6 Å². The van der Waals surface area contributed by atoms with Crippen LogP contribution in [0.25, 0.3) is 0 Å². The normalized spacial score (nSPS) is 11.6. The molecule has 0 aromatic rings. The summed E-state index contributed by atoms with van der Waals surface area (Å²) in [6.07, 6.45) is 40.1. The Balaban J connectivity index is 0. The van der Waals surface area contributed by atoms with Gasteiger partial charge in [0.2, 0.25) is 0 Å². The molecular formula is C41H86ClNO3. The van der Waals surface area contributed by atoms with Gasteiger partial charge in [-0.05, 0) is 25.8 Å². The van der Waals surface area contributed by atoms with Gasteiger partial charge in [0.25, 0.3) is 0 Å². The van der Waals surface area contributed by atoms with Gasteiger partial charge in [-0.3, -0.25) is 0 Å². The Morgan fingerprint density at radius 2 is 0.696 bits per heavy atom. The summed E-state index contributed by atoms with van der Waals surface area (Å²) in [5.41, 5.74) is 0. The zero-order valence-corrected chi connectivity index (χ0v) is 32.9. The molecule has 0 aliphatic carbocycles. The van der Waals surface area contributed by atoms with Gasteiger partial charge in [-0.25, -0.2) is 0 Å². The fourth-order valence-corrected chi connectivity index (χ4v) is 6.08. The molecule has 0 amide bonds. The minimum Gasteiger partial charge on any atom is -0.379 e. The van der Waals surface area contributed by atoms with E-state index in [4.69, 9.17) is 14.2 Å². The summed E-state index contributed by atoms with van der Waals surface area (Å²) in [6.45, 7) is 13.8. The molecule has 0 saturated heterocycles. The van der Waals surface area contributed by atoms with Crippen molar-refractivity contribution >= 4 is 12.4 Å². The second-order valence-electron chi connectivity index (χ2n) is 14.3. The van der Waals surface area contributed by atoms with Crippen LogP contribution < -0.4 is 5.32 Å². The van der Waals surface area contributed by atoms with Crippen LogP contribution in [-0.4, -0.2) is 51.7 Å². The van der Waals surface area contributed by atoms with E-state index in [1.165, 1.54) is 180 Å². The first-order valence-electron chi connectivity index (χ1n) is 20.7. The van der Waals surface area contributed by atoms with Crippen molar-refractivity contribution in [1.29, 1.82) is 0 Å². The third-order valence-corrected chi connectivity index (χ3v) is 9.12. The van der Waals surface area contributed by atoms with Crippen molar-refractivity contribution < 1.29 is 14.2 Å².